The van der Waals surface area contributed by atoms with Crippen LogP contribution in [0.2, 0.25) is 0 Å². The first-order chi connectivity index (χ1) is 11.6. The van der Waals surface area contributed by atoms with Crippen LogP contribution in [0.4, 0.5) is 4.39 Å². The molecule has 130 valence electrons. The van der Waals surface area contributed by atoms with E-state index in [9.17, 15) is 14.0 Å². The highest BCUT2D eigenvalue weighted by Crippen LogP contribution is 2.36. The first-order valence-corrected chi connectivity index (χ1v) is 8.88. The van der Waals surface area contributed by atoms with Gasteiger partial charge in [-0.05, 0) is 37.0 Å². The van der Waals surface area contributed by atoms with Crippen molar-refractivity contribution in [2.75, 3.05) is 7.05 Å². The van der Waals surface area contributed by atoms with E-state index in [1.54, 1.807) is 24.1 Å². The van der Waals surface area contributed by atoms with Crippen LogP contribution in [0.25, 0.3) is 0 Å². The van der Waals surface area contributed by atoms with Crippen LogP contribution in [0.15, 0.2) is 24.3 Å². The van der Waals surface area contributed by atoms with Crippen LogP contribution in [0, 0.1) is 11.7 Å². The molecule has 1 saturated heterocycles. The Hall–Kier alpha value is -1.91. The maximum Gasteiger partial charge on any atom is 0.225 e. The number of piperidine rings is 1. The molecule has 0 aromatic heterocycles. The largest absolute Gasteiger partial charge is 0.353 e. The lowest BCUT2D eigenvalue weighted by Gasteiger charge is -2.39. The summed E-state index contributed by atoms with van der Waals surface area (Å²) in [5, 5.41) is 3.18. The van der Waals surface area contributed by atoms with Crippen LogP contribution < -0.4 is 5.32 Å². The van der Waals surface area contributed by atoms with Gasteiger partial charge >= 0.3 is 0 Å². The predicted molar refractivity (Wildman–Crippen MR) is 89.7 cm³/mol. The molecular weight excluding hydrogens is 307 g/mol. The summed E-state index contributed by atoms with van der Waals surface area (Å²) in [5.41, 5.74) is 0.816. The van der Waals surface area contributed by atoms with Crippen molar-refractivity contribution in [3.8, 4) is 0 Å². The number of benzene rings is 1. The summed E-state index contributed by atoms with van der Waals surface area (Å²) in [6.07, 6.45) is 6.57. The number of nitrogens with one attached hydrogen (secondary N) is 1. The van der Waals surface area contributed by atoms with Gasteiger partial charge in [-0.15, -0.1) is 0 Å². The van der Waals surface area contributed by atoms with Gasteiger partial charge in [-0.25, -0.2) is 4.39 Å². The Kier molecular flexibility index (Phi) is 5.17. The molecule has 2 aliphatic rings. The third kappa shape index (κ3) is 3.60. The molecule has 4 nitrogen and oxygen atoms in total. The zero-order valence-electron chi connectivity index (χ0n) is 14.1. The van der Waals surface area contributed by atoms with Gasteiger partial charge in [0.1, 0.15) is 5.82 Å². The average molecular weight is 332 g/mol. The van der Waals surface area contributed by atoms with Crippen LogP contribution >= 0.6 is 0 Å². The topological polar surface area (TPSA) is 49.4 Å². The van der Waals surface area contributed by atoms with Crippen LogP contribution in [0.5, 0.6) is 0 Å². The molecular formula is C19H25FN2O2. The molecule has 1 saturated carbocycles. The van der Waals surface area contributed by atoms with Crippen molar-refractivity contribution < 1.29 is 14.0 Å². The second-order valence-electron chi connectivity index (χ2n) is 6.99. The van der Waals surface area contributed by atoms with Gasteiger partial charge in [0.25, 0.3) is 0 Å². The number of carbonyl (C=O) groups is 2. The van der Waals surface area contributed by atoms with Gasteiger partial charge in [0.05, 0.1) is 12.0 Å². The van der Waals surface area contributed by atoms with E-state index in [1.165, 1.54) is 18.6 Å². The van der Waals surface area contributed by atoms with Crippen molar-refractivity contribution in [3.05, 3.63) is 35.6 Å². The van der Waals surface area contributed by atoms with Gasteiger partial charge < -0.3 is 10.2 Å². The molecule has 24 heavy (non-hydrogen) atoms. The van der Waals surface area contributed by atoms with E-state index in [-0.39, 0.29) is 35.6 Å². The number of hydrogen-bond acceptors (Lipinski definition) is 2. The number of likely N-dealkylation sites (tertiary alicyclic amines) is 1. The van der Waals surface area contributed by atoms with Crippen molar-refractivity contribution in [1.82, 2.24) is 10.2 Å². The molecule has 2 atom stereocenters. The average Bonchev–Trinajstić information content (AvgIpc) is 2.59. The minimum absolute atomic E-state index is 0.0237. The summed E-state index contributed by atoms with van der Waals surface area (Å²) in [4.78, 5) is 26.6. The molecule has 0 unspecified atom stereocenters. The summed E-state index contributed by atoms with van der Waals surface area (Å²) in [5.74, 6) is -0.534. The van der Waals surface area contributed by atoms with Crippen molar-refractivity contribution in [2.45, 2.75) is 57.0 Å². The minimum Gasteiger partial charge on any atom is -0.353 e. The van der Waals surface area contributed by atoms with Crippen LogP contribution in [0.3, 0.4) is 0 Å². The summed E-state index contributed by atoms with van der Waals surface area (Å²) >= 11 is 0. The lowest BCUT2D eigenvalue weighted by molar-refractivity contribution is -0.142. The van der Waals surface area contributed by atoms with Crippen molar-refractivity contribution >= 4 is 11.8 Å². The smallest absolute Gasteiger partial charge is 0.225 e. The van der Waals surface area contributed by atoms with Crippen LogP contribution in [-0.2, 0) is 9.59 Å². The summed E-state index contributed by atoms with van der Waals surface area (Å²) in [7, 11) is 1.73. The lowest BCUT2D eigenvalue weighted by atomic mass is 9.83. The van der Waals surface area contributed by atoms with E-state index >= 15 is 0 Å². The molecule has 2 fully saturated rings. The molecule has 1 aliphatic heterocycles. The van der Waals surface area contributed by atoms with Crippen molar-refractivity contribution in [1.29, 1.82) is 0 Å². The maximum atomic E-state index is 13.2. The van der Waals surface area contributed by atoms with Gasteiger partial charge in [-0.2, -0.15) is 0 Å². The molecule has 1 aliphatic carbocycles. The first kappa shape index (κ1) is 16.9. The zero-order chi connectivity index (χ0) is 17.1. The minimum atomic E-state index is -0.324. The Labute approximate surface area is 142 Å². The van der Waals surface area contributed by atoms with Crippen LogP contribution in [-0.4, -0.2) is 29.8 Å². The Morgan fingerprint density at radius 2 is 1.79 bits per heavy atom. The molecule has 0 radical (unpaired) electrons. The summed E-state index contributed by atoms with van der Waals surface area (Å²) < 4.78 is 13.2. The Morgan fingerprint density at radius 1 is 1.12 bits per heavy atom. The maximum absolute atomic E-state index is 13.2. The Balaban J connectivity index is 1.79. The monoisotopic (exact) mass is 332 g/mol. The normalized spacial score (nSPS) is 25.6. The van der Waals surface area contributed by atoms with E-state index in [0.29, 0.717) is 12.8 Å². The fourth-order valence-electron chi connectivity index (χ4n) is 3.98. The molecule has 0 spiro atoms. The summed E-state index contributed by atoms with van der Waals surface area (Å²) in [6.45, 7) is 0. The van der Waals surface area contributed by atoms with Gasteiger partial charge in [-0.3, -0.25) is 9.59 Å². The molecule has 1 N–H and O–H groups in total. The Morgan fingerprint density at radius 3 is 2.46 bits per heavy atom. The molecule has 2 amide bonds. The molecule has 3 rings (SSSR count). The molecule has 5 heteroatoms. The predicted octanol–water partition coefficient (Wildman–Crippen LogP) is 3.18. The molecule has 1 aromatic carbocycles. The van der Waals surface area contributed by atoms with E-state index in [1.807, 2.05) is 0 Å². The van der Waals surface area contributed by atoms with Crippen molar-refractivity contribution in [3.63, 3.8) is 0 Å². The highest BCUT2D eigenvalue weighted by molar-refractivity contribution is 5.85. The lowest BCUT2D eigenvalue weighted by Crippen LogP contribution is -2.48. The second-order valence-corrected chi connectivity index (χ2v) is 6.99. The van der Waals surface area contributed by atoms with Gasteiger partial charge in [0, 0.05) is 19.5 Å². The fourth-order valence-corrected chi connectivity index (χ4v) is 3.98. The Bertz CT molecular complexity index is 596. The molecule has 0 bridgehead atoms. The quantitative estimate of drug-likeness (QED) is 0.924. The van der Waals surface area contributed by atoms with Gasteiger partial charge in [0.2, 0.25) is 11.8 Å². The standard InChI is InChI=1S/C19H25FN2O2/c1-22-17(23)12-11-16(18(22)13-7-9-14(20)10-8-13)19(24)21-15-5-3-2-4-6-15/h7-10,15-16,18H,2-6,11-12H2,1H3,(H,21,24)/t16-,18-/m0/s1. The fraction of sp³-hybridized carbons (Fsp3) is 0.579. The highest BCUT2D eigenvalue weighted by Gasteiger charge is 2.39. The molecule has 1 aromatic rings. The SMILES string of the molecule is CN1C(=O)CC[C@H](C(=O)NC2CCCCC2)[C@@H]1c1ccc(F)cc1. The van der Waals surface area contributed by atoms with E-state index < -0.39 is 0 Å². The number of amides is 2. The van der Waals surface area contributed by atoms with Crippen molar-refractivity contribution in [2.24, 2.45) is 5.92 Å². The van der Waals surface area contributed by atoms with Gasteiger partial charge in [0.15, 0.2) is 0 Å². The second kappa shape index (κ2) is 7.32. The molecule has 1 heterocycles. The summed E-state index contributed by atoms with van der Waals surface area (Å²) in [6, 6.07) is 6.06. The third-order valence-corrected chi connectivity index (χ3v) is 5.36. The number of rotatable bonds is 3. The highest BCUT2D eigenvalue weighted by atomic mass is 19.1. The number of nitrogens with zero attached hydrogens (tertiary/aromatic N) is 1. The van der Waals surface area contributed by atoms with E-state index in [0.717, 1.165) is 31.2 Å². The number of halogens is 1. The van der Waals surface area contributed by atoms with Gasteiger partial charge in [-0.1, -0.05) is 31.4 Å². The third-order valence-electron chi connectivity index (χ3n) is 5.36. The number of carbonyl (C=O) groups excluding carboxylic acids is 2. The van der Waals surface area contributed by atoms with E-state index in [4.69, 9.17) is 0 Å². The number of hydrogen-bond donors (Lipinski definition) is 1. The van der Waals surface area contributed by atoms with Crippen LogP contribution in [0.1, 0.15) is 56.6 Å². The first-order valence-electron chi connectivity index (χ1n) is 8.88. The zero-order valence-corrected chi connectivity index (χ0v) is 14.1. The van der Waals surface area contributed by atoms with E-state index in [2.05, 4.69) is 5.32 Å².